The number of amides is 2. The number of carbonyl (C=O) groups is 2. The number of rotatable bonds is 11. The summed E-state index contributed by atoms with van der Waals surface area (Å²) in [6, 6.07) is 20.4. The number of halogens is 3. The fourth-order valence-corrected chi connectivity index (χ4v) is 6.30. The second-order valence-corrected chi connectivity index (χ2v) is 13.1. The van der Waals surface area contributed by atoms with E-state index in [1.165, 1.54) is 35.4 Å². The van der Waals surface area contributed by atoms with Crippen molar-refractivity contribution in [1.82, 2.24) is 34.9 Å². The predicted molar refractivity (Wildman–Crippen MR) is 179 cm³/mol. The average molecular weight is 698 g/mol. The molecule has 0 radical (unpaired) electrons. The van der Waals surface area contributed by atoms with Gasteiger partial charge in [-0.3, -0.25) is 4.79 Å². The van der Waals surface area contributed by atoms with Gasteiger partial charge in [0.2, 0.25) is 18.3 Å². The summed E-state index contributed by atoms with van der Waals surface area (Å²) in [5.41, 5.74) is 1.84. The van der Waals surface area contributed by atoms with E-state index < -0.39 is 30.4 Å². The van der Waals surface area contributed by atoms with Crippen LogP contribution in [0, 0.1) is 17.7 Å². The Bertz CT molecular complexity index is 2020. The molecule has 1 saturated carbocycles. The number of hydrogen-bond acceptors (Lipinski definition) is 8. The van der Waals surface area contributed by atoms with Crippen LogP contribution in [0.25, 0.3) is 17.2 Å². The molecule has 14 heteroatoms. The molecule has 0 spiro atoms. The van der Waals surface area contributed by atoms with Crippen LogP contribution in [0.1, 0.15) is 41.0 Å². The van der Waals surface area contributed by atoms with Crippen molar-refractivity contribution < 1.29 is 32.2 Å². The van der Waals surface area contributed by atoms with Gasteiger partial charge in [0.25, 0.3) is 5.91 Å². The lowest BCUT2D eigenvalue weighted by Gasteiger charge is -2.27. The van der Waals surface area contributed by atoms with Crippen molar-refractivity contribution in [2.45, 2.75) is 44.9 Å². The minimum Gasteiger partial charge on any atom is -0.474 e. The third-order valence-corrected chi connectivity index (χ3v) is 9.08. The van der Waals surface area contributed by atoms with Gasteiger partial charge in [0, 0.05) is 55.1 Å². The van der Waals surface area contributed by atoms with Crippen LogP contribution in [-0.2, 0) is 23.3 Å². The molecule has 2 fully saturated rings. The highest BCUT2D eigenvalue weighted by atomic mass is 19.3. The van der Waals surface area contributed by atoms with Gasteiger partial charge in [-0.1, -0.05) is 30.3 Å². The van der Waals surface area contributed by atoms with Gasteiger partial charge in [-0.25, -0.2) is 37.6 Å². The van der Waals surface area contributed by atoms with E-state index in [0.29, 0.717) is 35.8 Å². The highest BCUT2D eigenvalue weighted by Gasteiger charge is 2.59. The molecule has 1 saturated heterocycles. The Balaban J connectivity index is 1.06. The zero-order valence-electron chi connectivity index (χ0n) is 27.7. The lowest BCUT2D eigenvalue weighted by atomic mass is 9.93. The number of nitrogens with one attached hydrogen (secondary N) is 1. The number of carbonyl (C=O) groups excluding carboxylic acids is 2. The summed E-state index contributed by atoms with van der Waals surface area (Å²) in [5.74, 6) is -0.314. The highest BCUT2D eigenvalue weighted by molar-refractivity contribution is 5.95. The number of aromatic nitrogens is 5. The topological polar surface area (TPSA) is 124 Å². The smallest absolute Gasteiger partial charge is 0.408 e. The second-order valence-electron chi connectivity index (χ2n) is 13.1. The SMILES string of the molecule is CC(C)(NC(=O)OCc1ccccc1)c1cc(OC2[C@H]3CN(C(=O)c4cn(-c5ncccn5)nc4CC(F)F)C[C@@H]23)nc(-c2ccc(F)cc2)c1. The molecule has 11 nitrogen and oxygen atoms in total. The van der Waals surface area contributed by atoms with Crippen LogP contribution in [0.15, 0.2) is 91.4 Å². The normalized spacial score (nSPS) is 18.0. The maximum absolute atomic E-state index is 13.8. The van der Waals surface area contributed by atoms with Crippen LogP contribution in [0.5, 0.6) is 5.88 Å². The van der Waals surface area contributed by atoms with E-state index in [2.05, 4.69) is 20.4 Å². The van der Waals surface area contributed by atoms with Crippen molar-refractivity contribution in [2.24, 2.45) is 11.8 Å². The fraction of sp³-hybridized carbons (Fsp3) is 0.297. The minimum atomic E-state index is -2.69. The Kier molecular flexibility index (Phi) is 9.15. The number of benzene rings is 2. The molecular weight excluding hydrogens is 663 g/mol. The first-order valence-corrected chi connectivity index (χ1v) is 16.4. The van der Waals surface area contributed by atoms with Gasteiger partial charge in [0.15, 0.2) is 0 Å². The van der Waals surface area contributed by atoms with Crippen molar-refractivity contribution in [3.05, 3.63) is 120 Å². The van der Waals surface area contributed by atoms with Gasteiger partial charge in [0.1, 0.15) is 18.5 Å². The van der Waals surface area contributed by atoms with Crippen molar-refractivity contribution in [3.8, 4) is 23.1 Å². The summed E-state index contributed by atoms with van der Waals surface area (Å²) in [7, 11) is 0. The lowest BCUT2D eigenvalue weighted by Crippen LogP contribution is -2.41. The molecule has 7 rings (SSSR count). The molecule has 1 unspecified atom stereocenters. The predicted octanol–water partition coefficient (Wildman–Crippen LogP) is 5.98. The van der Waals surface area contributed by atoms with E-state index in [0.717, 1.165) is 5.56 Å². The number of hydrogen-bond donors (Lipinski definition) is 1. The molecule has 1 N–H and O–H groups in total. The largest absolute Gasteiger partial charge is 0.474 e. The summed E-state index contributed by atoms with van der Waals surface area (Å²) < 4.78 is 53.7. The first-order chi connectivity index (χ1) is 24.5. The number of alkyl carbamates (subject to hydrolysis) is 1. The Labute approximate surface area is 291 Å². The molecule has 2 amide bonds. The van der Waals surface area contributed by atoms with Crippen LogP contribution in [-0.4, -0.2) is 67.3 Å². The third kappa shape index (κ3) is 7.54. The van der Waals surface area contributed by atoms with Gasteiger partial charge in [-0.15, -0.1) is 0 Å². The summed E-state index contributed by atoms with van der Waals surface area (Å²) in [6.07, 6.45) is 0.173. The first kappa shape index (κ1) is 33.7. The van der Waals surface area contributed by atoms with E-state index in [1.54, 1.807) is 29.2 Å². The van der Waals surface area contributed by atoms with Gasteiger partial charge < -0.3 is 19.7 Å². The third-order valence-electron chi connectivity index (χ3n) is 9.08. The lowest BCUT2D eigenvalue weighted by molar-refractivity contribution is 0.0748. The number of piperidine rings is 1. The van der Waals surface area contributed by atoms with Crippen LogP contribution in [0.2, 0.25) is 0 Å². The summed E-state index contributed by atoms with van der Waals surface area (Å²) in [4.78, 5) is 41.0. The maximum Gasteiger partial charge on any atom is 0.408 e. The van der Waals surface area contributed by atoms with E-state index in [-0.39, 0.29) is 47.6 Å². The molecule has 5 aromatic rings. The van der Waals surface area contributed by atoms with Gasteiger partial charge in [-0.05, 0) is 61.4 Å². The molecule has 2 aromatic carbocycles. The first-order valence-electron chi connectivity index (χ1n) is 16.4. The van der Waals surface area contributed by atoms with E-state index in [4.69, 9.17) is 14.5 Å². The Morgan fingerprint density at radius 3 is 2.37 bits per heavy atom. The standard InChI is InChI=1S/C37H34F3N7O4/c1-37(2,44-36(49)50-21-22-7-4-3-5-8-22)24-15-29(23-9-11-25(38)12-10-23)43-32(16-24)51-33-26-18-46(19-27(26)33)34(48)28-20-47(35-41-13-6-14-42-35)45-30(28)17-31(39)40/h3-16,20,26-27,31,33H,17-19,21H2,1-2H3,(H,44,49)/t26-,27+,33?. The maximum atomic E-state index is 13.8. The van der Waals surface area contributed by atoms with Crippen molar-refractivity contribution >= 4 is 12.0 Å². The molecule has 4 heterocycles. The zero-order valence-corrected chi connectivity index (χ0v) is 27.7. The van der Waals surface area contributed by atoms with E-state index >= 15 is 0 Å². The molecule has 2 aliphatic rings. The van der Waals surface area contributed by atoms with Crippen molar-refractivity contribution in [3.63, 3.8) is 0 Å². The van der Waals surface area contributed by atoms with Crippen molar-refractivity contribution in [1.29, 1.82) is 0 Å². The molecule has 1 aliphatic carbocycles. The Morgan fingerprint density at radius 1 is 0.980 bits per heavy atom. The number of nitrogens with zero attached hydrogens (tertiary/aromatic N) is 6. The van der Waals surface area contributed by atoms with E-state index in [1.807, 2.05) is 50.2 Å². The fourth-order valence-electron chi connectivity index (χ4n) is 6.30. The van der Waals surface area contributed by atoms with Gasteiger partial charge in [0.05, 0.1) is 28.9 Å². The van der Waals surface area contributed by atoms with Crippen LogP contribution >= 0.6 is 0 Å². The Hall–Kier alpha value is -5.79. The number of pyridine rings is 1. The number of fused-ring (bicyclic) bond motifs is 1. The quantitative estimate of drug-likeness (QED) is 0.179. The van der Waals surface area contributed by atoms with Gasteiger partial charge >= 0.3 is 6.09 Å². The number of likely N-dealkylation sites (tertiary alicyclic amines) is 1. The molecule has 51 heavy (non-hydrogen) atoms. The van der Waals surface area contributed by atoms with Crippen molar-refractivity contribution in [2.75, 3.05) is 13.1 Å². The van der Waals surface area contributed by atoms with Gasteiger partial charge in [-0.2, -0.15) is 5.10 Å². The van der Waals surface area contributed by atoms with E-state index in [9.17, 15) is 22.8 Å². The van der Waals surface area contributed by atoms with Crippen LogP contribution in [0.3, 0.4) is 0 Å². The van der Waals surface area contributed by atoms with Crippen LogP contribution in [0.4, 0.5) is 18.0 Å². The minimum absolute atomic E-state index is 0.00109. The Morgan fingerprint density at radius 2 is 1.69 bits per heavy atom. The monoisotopic (exact) mass is 697 g/mol. The molecule has 1 aliphatic heterocycles. The summed E-state index contributed by atoms with van der Waals surface area (Å²) >= 11 is 0. The summed E-state index contributed by atoms with van der Waals surface area (Å²) in [6.45, 7) is 4.48. The molecule has 3 aromatic heterocycles. The molecule has 0 bridgehead atoms. The number of ether oxygens (including phenoxy) is 2. The number of alkyl halides is 2. The highest BCUT2D eigenvalue weighted by Crippen LogP contribution is 2.48. The average Bonchev–Trinajstić information content (AvgIpc) is 3.41. The molecule has 3 atom stereocenters. The second kappa shape index (κ2) is 13.8. The zero-order chi connectivity index (χ0) is 35.7. The molecular formula is C37H34F3N7O4. The van der Waals surface area contributed by atoms with Crippen LogP contribution < -0.4 is 10.1 Å². The summed E-state index contributed by atoms with van der Waals surface area (Å²) in [5, 5.41) is 7.12. The molecule has 262 valence electrons.